The first-order chi connectivity index (χ1) is 30.4. The Kier molecular flexibility index (Phi) is 21.9. The molecule has 6 aromatic carbocycles. The molecule has 4 heterocycles. The molecule has 10 aromatic rings. The normalized spacial score (nSPS) is 9.94. The average Bonchev–Trinajstić information content (AvgIpc) is 3.82. The number of para-hydroxylation sites is 1. The van der Waals surface area contributed by atoms with E-state index in [0.29, 0.717) is 11.6 Å². The second-order valence-electron chi connectivity index (χ2n) is 13.5. The number of aromatic nitrogens is 8. The van der Waals surface area contributed by atoms with Crippen molar-refractivity contribution in [2.24, 2.45) is 0 Å². The Morgan fingerprint density at radius 2 is 0.875 bits per heavy atom. The van der Waals surface area contributed by atoms with Gasteiger partial charge in [-0.25, -0.2) is 29.9 Å². The third-order valence-corrected chi connectivity index (χ3v) is 9.73. The summed E-state index contributed by atoms with van der Waals surface area (Å²) < 4.78 is 4.61. The third kappa shape index (κ3) is 11.7. The van der Waals surface area contributed by atoms with Gasteiger partial charge in [-0.15, -0.1) is 22.9 Å². The Morgan fingerprint density at radius 1 is 0.422 bits per heavy atom. The number of hydrogen-bond donors (Lipinski definition) is 0. The Labute approximate surface area is 430 Å². The van der Waals surface area contributed by atoms with Gasteiger partial charge in [-0.05, 0) is 72.1 Å². The first kappa shape index (κ1) is 53.5. The van der Waals surface area contributed by atoms with Gasteiger partial charge in [0.1, 0.15) is 25.3 Å². The summed E-state index contributed by atoms with van der Waals surface area (Å²) in [7, 11) is 0. The van der Waals surface area contributed by atoms with Gasteiger partial charge in [-0.2, -0.15) is 35.4 Å². The SMILES string of the molecule is CC.CC.CC.CC.Cc1[c-]cc2c3ccc(C)cc3n(-c3cccc(-c4ncncn4)c3)c2c1.Cc1[c-]cc2c3ccc(C)cc3n(-c3ccccc3-c3ncncn3)c2c1.[Y].[Y]. The third-order valence-electron chi connectivity index (χ3n) is 9.73. The van der Waals surface area contributed by atoms with E-state index in [1.165, 1.54) is 74.5 Å². The molecule has 0 aliphatic heterocycles. The summed E-state index contributed by atoms with van der Waals surface area (Å²) >= 11 is 0. The van der Waals surface area contributed by atoms with Crippen molar-refractivity contribution in [2.75, 3.05) is 0 Å². The molecule has 4 aromatic heterocycles. The van der Waals surface area contributed by atoms with Gasteiger partial charge in [-0.1, -0.05) is 129 Å². The molecule has 0 atom stereocenters. The molecule has 0 fully saturated rings. The van der Waals surface area contributed by atoms with Crippen LogP contribution in [0.15, 0.2) is 135 Å². The molecule has 0 unspecified atom stereocenters. The van der Waals surface area contributed by atoms with Gasteiger partial charge < -0.3 is 9.13 Å². The predicted octanol–water partition coefficient (Wildman–Crippen LogP) is 14.2. The van der Waals surface area contributed by atoms with Crippen LogP contribution < -0.4 is 0 Å². The second kappa shape index (κ2) is 26.2. The first-order valence-electron chi connectivity index (χ1n) is 21.7. The van der Waals surface area contributed by atoms with Gasteiger partial charge in [0, 0.05) is 93.3 Å². The molecule has 0 aliphatic carbocycles. The van der Waals surface area contributed by atoms with Crippen molar-refractivity contribution in [3.05, 3.63) is 169 Å². The predicted molar refractivity (Wildman–Crippen MR) is 261 cm³/mol. The Balaban J connectivity index is 0.000000287. The van der Waals surface area contributed by atoms with Gasteiger partial charge in [0.15, 0.2) is 11.6 Å². The van der Waals surface area contributed by atoms with E-state index in [1.54, 1.807) is 0 Å². The van der Waals surface area contributed by atoms with E-state index in [9.17, 15) is 0 Å². The van der Waals surface area contributed by atoms with Crippen LogP contribution in [0.1, 0.15) is 77.6 Å². The zero-order valence-corrected chi connectivity index (χ0v) is 45.1. The first-order valence-corrected chi connectivity index (χ1v) is 21.7. The summed E-state index contributed by atoms with van der Waals surface area (Å²) in [5.41, 5.74) is 13.5. The minimum atomic E-state index is 0. The van der Waals surface area contributed by atoms with Crippen molar-refractivity contribution in [3.8, 4) is 34.2 Å². The Morgan fingerprint density at radius 3 is 1.41 bits per heavy atom. The molecule has 0 N–H and O–H groups in total. The molecule has 0 saturated carbocycles. The van der Waals surface area contributed by atoms with Crippen molar-refractivity contribution in [3.63, 3.8) is 0 Å². The standard InChI is InChI=1S/2C23H17N4.4C2H6.2Y/c1-15-6-8-19-20-9-7-16(2)11-22(20)27(21(19)10-15)18-5-3-4-17(12-18)23-25-13-24-14-26-23;1-15-7-9-17-18-10-8-16(2)12-22(18)27(21(17)11-15)20-6-4-3-5-19(20)23-25-13-24-14-26-23;4*1-2;;/h3-6,8-14H,1-2H3;3-7,9-14H,1-2H3;4*1-2H3;;/q2*-1;;;;;;. The van der Waals surface area contributed by atoms with Gasteiger partial charge in [0.05, 0.1) is 5.69 Å². The number of nitrogens with zero attached hydrogens (tertiary/aromatic N) is 8. The fraction of sp³-hybridized carbons (Fsp3) is 0.222. The van der Waals surface area contributed by atoms with Crippen molar-refractivity contribution in [2.45, 2.75) is 83.1 Å². The molecule has 0 amide bonds. The minimum absolute atomic E-state index is 0. The van der Waals surface area contributed by atoms with Crippen LogP contribution in [0.5, 0.6) is 0 Å². The molecule has 8 nitrogen and oxygen atoms in total. The molecule has 0 aliphatic rings. The molecule has 0 saturated heterocycles. The van der Waals surface area contributed by atoms with Crippen LogP contribution in [0.4, 0.5) is 0 Å². The van der Waals surface area contributed by atoms with Crippen molar-refractivity contribution in [1.29, 1.82) is 0 Å². The van der Waals surface area contributed by atoms with Gasteiger partial charge >= 0.3 is 0 Å². The number of aryl methyl sites for hydroxylation is 4. The number of benzene rings is 6. The van der Waals surface area contributed by atoms with E-state index in [1.807, 2.05) is 73.6 Å². The fourth-order valence-corrected chi connectivity index (χ4v) is 7.28. The molecule has 2 radical (unpaired) electrons. The largest absolute Gasteiger partial charge is 0.334 e. The maximum Gasteiger partial charge on any atom is 0.164 e. The van der Waals surface area contributed by atoms with Crippen LogP contribution in [-0.4, -0.2) is 39.0 Å². The maximum atomic E-state index is 4.37. The van der Waals surface area contributed by atoms with Crippen LogP contribution in [0.2, 0.25) is 0 Å². The minimum Gasteiger partial charge on any atom is -0.334 e. The Hall–Kier alpha value is -4.85. The molecular weight excluding hydrogens is 938 g/mol. The van der Waals surface area contributed by atoms with E-state index in [0.717, 1.165) is 39.1 Å². The average molecular weight is 997 g/mol. The summed E-state index contributed by atoms with van der Waals surface area (Å²) in [6.45, 7) is 24.4. The van der Waals surface area contributed by atoms with E-state index < -0.39 is 0 Å². The number of rotatable bonds is 4. The quantitative estimate of drug-likeness (QED) is 0.163. The van der Waals surface area contributed by atoms with Gasteiger partial charge in [-0.3, -0.25) is 0 Å². The molecule has 0 spiro atoms. The van der Waals surface area contributed by atoms with E-state index in [-0.39, 0.29) is 65.4 Å². The monoisotopic (exact) mass is 996 g/mol. The maximum absolute atomic E-state index is 4.37. The number of fused-ring (bicyclic) bond motifs is 6. The van der Waals surface area contributed by atoms with Crippen molar-refractivity contribution in [1.82, 2.24) is 39.0 Å². The van der Waals surface area contributed by atoms with Crippen LogP contribution in [-0.2, 0) is 65.4 Å². The molecule has 0 bridgehead atoms. The fourth-order valence-electron chi connectivity index (χ4n) is 7.28. The van der Waals surface area contributed by atoms with Gasteiger partial charge in [0.25, 0.3) is 0 Å². The van der Waals surface area contributed by atoms with E-state index in [4.69, 9.17) is 0 Å². The van der Waals surface area contributed by atoms with Gasteiger partial charge in [0.2, 0.25) is 0 Å². The zero-order valence-electron chi connectivity index (χ0n) is 39.4. The molecule has 322 valence electrons. The molecule has 10 heteroatoms. The second-order valence-corrected chi connectivity index (χ2v) is 13.5. The molecule has 10 rings (SSSR count). The summed E-state index contributed by atoms with van der Waals surface area (Å²) in [4.78, 5) is 25.2. The molecule has 64 heavy (non-hydrogen) atoms. The Bertz CT molecular complexity index is 2880. The smallest absolute Gasteiger partial charge is 0.164 e. The zero-order chi connectivity index (χ0) is 44.8. The summed E-state index contributed by atoms with van der Waals surface area (Å²) in [6, 6.07) is 45.0. The number of hydrogen-bond acceptors (Lipinski definition) is 6. The van der Waals surface area contributed by atoms with Crippen molar-refractivity contribution < 1.29 is 65.4 Å². The van der Waals surface area contributed by atoms with Crippen LogP contribution in [0, 0.1) is 39.8 Å². The van der Waals surface area contributed by atoms with Crippen LogP contribution in [0.3, 0.4) is 0 Å². The van der Waals surface area contributed by atoms with E-state index >= 15 is 0 Å². The topological polar surface area (TPSA) is 87.2 Å². The summed E-state index contributed by atoms with van der Waals surface area (Å²) in [5.74, 6) is 1.34. The summed E-state index contributed by atoms with van der Waals surface area (Å²) in [6.07, 6.45) is 6.12. The van der Waals surface area contributed by atoms with Crippen LogP contribution >= 0.6 is 0 Å². The summed E-state index contributed by atoms with van der Waals surface area (Å²) in [5, 5.41) is 4.86. The van der Waals surface area contributed by atoms with Crippen molar-refractivity contribution >= 4 is 43.6 Å². The molecular formula is C54H58N8Y2-2. The van der Waals surface area contributed by atoms with E-state index in [2.05, 4.69) is 170 Å². The van der Waals surface area contributed by atoms with Crippen LogP contribution in [0.25, 0.3) is 77.8 Å².